The minimum Gasteiger partial charge on any atom is -0.481 e. The smallest absolute Gasteiger partial charge is 0.481 e. The molecule has 0 aliphatic heterocycles. The Hall–Kier alpha value is -1.63. The van der Waals surface area contributed by atoms with Gasteiger partial charge in [-0.05, 0) is 6.42 Å². The summed E-state index contributed by atoms with van der Waals surface area (Å²) in [6.45, 7) is 0. The second-order valence-corrected chi connectivity index (χ2v) is 2.23. The lowest BCUT2D eigenvalue weighted by atomic mass is 10.2. The Morgan fingerprint density at radius 1 is 1.31 bits per heavy atom. The number of ether oxygens (including phenoxy) is 1. The SMILES string of the molecule is N[C@@H](CCC(=O)O)C(=O)OC(=O)O. The second-order valence-electron chi connectivity index (χ2n) is 2.23. The maximum Gasteiger partial charge on any atom is 0.513 e. The Bertz CT molecular complexity index is 225. The van der Waals surface area contributed by atoms with Crippen molar-refractivity contribution in [2.45, 2.75) is 18.9 Å². The van der Waals surface area contributed by atoms with Gasteiger partial charge in [-0.15, -0.1) is 0 Å². The zero-order valence-electron chi connectivity index (χ0n) is 6.60. The minimum absolute atomic E-state index is 0.151. The predicted molar refractivity (Wildman–Crippen MR) is 39.0 cm³/mol. The third kappa shape index (κ3) is 5.62. The van der Waals surface area contributed by atoms with E-state index in [0.29, 0.717) is 0 Å². The molecule has 0 aromatic carbocycles. The van der Waals surface area contributed by atoms with Gasteiger partial charge in [0.2, 0.25) is 0 Å². The quantitative estimate of drug-likeness (QED) is 0.399. The summed E-state index contributed by atoms with van der Waals surface area (Å²) in [5.74, 6) is -2.26. The summed E-state index contributed by atoms with van der Waals surface area (Å²) < 4.78 is 3.70. The fourth-order valence-corrected chi connectivity index (χ4v) is 0.559. The van der Waals surface area contributed by atoms with Crippen LogP contribution >= 0.6 is 0 Å². The molecule has 13 heavy (non-hydrogen) atoms. The minimum atomic E-state index is -1.75. The van der Waals surface area contributed by atoms with Crippen molar-refractivity contribution in [2.24, 2.45) is 5.73 Å². The maximum atomic E-state index is 10.6. The van der Waals surface area contributed by atoms with Crippen molar-refractivity contribution in [3.63, 3.8) is 0 Å². The molecule has 1 atom stereocenters. The van der Waals surface area contributed by atoms with Gasteiger partial charge in [0.25, 0.3) is 0 Å². The van der Waals surface area contributed by atoms with Crippen LogP contribution in [0.2, 0.25) is 0 Å². The van der Waals surface area contributed by atoms with Gasteiger partial charge in [0.05, 0.1) is 0 Å². The van der Waals surface area contributed by atoms with E-state index in [1.807, 2.05) is 0 Å². The Labute approximate surface area is 73.1 Å². The van der Waals surface area contributed by atoms with Gasteiger partial charge in [0.15, 0.2) is 0 Å². The molecule has 7 heteroatoms. The van der Waals surface area contributed by atoms with Gasteiger partial charge < -0.3 is 20.7 Å². The van der Waals surface area contributed by atoms with Crippen LogP contribution in [0.25, 0.3) is 0 Å². The molecule has 0 saturated heterocycles. The topological polar surface area (TPSA) is 127 Å². The first-order valence-corrected chi connectivity index (χ1v) is 3.35. The molecule has 0 spiro atoms. The largest absolute Gasteiger partial charge is 0.513 e. The van der Waals surface area contributed by atoms with Crippen LogP contribution in [-0.4, -0.2) is 34.3 Å². The molecule has 0 bridgehead atoms. The van der Waals surface area contributed by atoms with E-state index in [-0.39, 0.29) is 12.8 Å². The lowest BCUT2D eigenvalue weighted by molar-refractivity contribution is -0.141. The first-order valence-electron chi connectivity index (χ1n) is 3.35. The monoisotopic (exact) mass is 191 g/mol. The zero-order chi connectivity index (χ0) is 10.4. The number of nitrogens with two attached hydrogens (primary N) is 1. The fraction of sp³-hybridized carbons (Fsp3) is 0.500. The molecule has 0 rings (SSSR count). The predicted octanol–water partition coefficient (Wildman–Crippen LogP) is -0.600. The molecule has 0 aliphatic carbocycles. The molecule has 0 aromatic rings. The molecule has 0 radical (unpaired) electrons. The summed E-state index contributed by atoms with van der Waals surface area (Å²) in [5, 5.41) is 16.2. The van der Waals surface area contributed by atoms with Crippen molar-refractivity contribution >= 4 is 18.1 Å². The van der Waals surface area contributed by atoms with Crippen molar-refractivity contribution in [1.82, 2.24) is 0 Å². The molecular formula is C6H9NO6. The van der Waals surface area contributed by atoms with E-state index in [0.717, 1.165) is 0 Å². The van der Waals surface area contributed by atoms with Crippen LogP contribution < -0.4 is 5.73 Å². The number of hydrogen-bond acceptors (Lipinski definition) is 5. The van der Waals surface area contributed by atoms with Gasteiger partial charge in [-0.25, -0.2) is 9.59 Å². The third-order valence-electron chi connectivity index (χ3n) is 1.16. The molecule has 0 aromatic heterocycles. The van der Waals surface area contributed by atoms with E-state index < -0.39 is 24.1 Å². The van der Waals surface area contributed by atoms with Crippen molar-refractivity contribution in [3.05, 3.63) is 0 Å². The van der Waals surface area contributed by atoms with Crippen LogP contribution in [0.5, 0.6) is 0 Å². The van der Waals surface area contributed by atoms with Crippen molar-refractivity contribution in [3.8, 4) is 0 Å². The Balaban J connectivity index is 3.82. The highest BCUT2D eigenvalue weighted by Gasteiger charge is 2.18. The summed E-state index contributed by atoms with van der Waals surface area (Å²) in [4.78, 5) is 30.5. The van der Waals surface area contributed by atoms with Crippen LogP contribution in [0.4, 0.5) is 4.79 Å². The van der Waals surface area contributed by atoms with E-state index in [1.165, 1.54) is 0 Å². The summed E-state index contributed by atoms with van der Waals surface area (Å²) in [6.07, 6.45) is -2.21. The summed E-state index contributed by atoms with van der Waals surface area (Å²) in [7, 11) is 0. The molecule has 0 heterocycles. The number of carboxylic acids is 1. The highest BCUT2D eigenvalue weighted by atomic mass is 16.7. The van der Waals surface area contributed by atoms with Crippen LogP contribution in [0.3, 0.4) is 0 Å². The van der Waals surface area contributed by atoms with Crippen molar-refractivity contribution < 1.29 is 29.3 Å². The maximum absolute atomic E-state index is 10.6. The van der Waals surface area contributed by atoms with Gasteiger partial charge in [-0.2, -0.15) is 0 Å². The van der Waals surface area contributed by atoms with Gasteiger partial charge >= 0.3 is 18.1 Å². The summed E-state index contributed by atoms with van der Waals surface area (Å²) in [6, 6.07) is -1.22. The molecule has 7 nitrogen and oxygen atoms in total. The number of esters is 1. The summed E-state index contributed by atoms with van der Waals surface area (Å²) in [5.41, 5.74) is 5.11. The Morgan fingerprint density at radius 2 is 1.85 bits per heavy atom. The zero-order valence-corrected chi connectivity index (χ0v) is 6.60. The van der Waals surface area contributed by atoms with E-state index in [4.69, 9.17) is 15.9 Å². The van der Waals surface area contributed by atoms with Gasteiger partial charge in [0, 0.05) is 6.42 Å². The van der Waals surface area contributed by atoms with Crippen LogP contribution in [-0.2, 0) is 14.3 Å². The average molecular weight is 191 g/mol. The number of carboxylic acid groups (broad SMARTS) is 2. The van der Waals surface area contributed by atoms with Crippen LogP contribution in [0, 0.1) is 0 Å². The standard InChI is InChI=1S/C6H9NO6/c7-3(1-2-4(8)9)5(10)13-6(11)12/h3H,1-2,7H2,(H,8,9)(H,11,12)/t3-/m0/s1. The lowest BCUT2D eigenvalue weighted by Gasteiger charge is -2.05. The van der Waals surface area contributed by atoms with Gasteiger partial charge in [0.1, 0.15) is 6.04 Å². The molecule has 74 valence electrons. The van der Waals surface area contributed by atoms with Gasteiger partial charge in [-0.1, -0.05) is 0 Å². The average Bonchev–Trinajstić information content (AvgIpc) is 1.98. The number of carbonyl (C=O) groups is 3. The van der Waals surface area contributed by atoms with Crippen molar-refractivity contribution in [1.29, 1.82) is 0 Å². The number of carbonyl (C=O) groups excluding carboxylic acids is 1. The van der Waals surface area contributed by atoms with Crippen molar-refractivity contribution in [2.75, 3.05) is 0 Å². The number of aliphatic carboxylic acids is 1. The Morgan fingerprint density at radius 3 is 2.23 bits per heavy atom. The lowest BCUT2D eigenvalue weighted by Crippen LogP contribution is -2.33. The van der Waals surface area contributed by atoms with Gasteiger partial charge in [-0.3, -0.25) is 4.79 Å². The second kappa shape index (κ2) is 5.09. The third-order valence-corrected chi connectivity index (χ3v) is 1.16. The van der Waals surface area contributed by atoms with E-state index in [1.54, 1.807) is 0 Å². The van der Waals surface area contributed by atoms with Crippen LogP contribution in [0.15, 0.2) is 0 Å². The molecule has 4 N–H and O–H groups in total. The van der Waals surface area contributed by atoms with Crippen LogP contribution in [0.1, 0.15) is 12.8 Å². The fourth-order valence-electron chi connectivity index (χ4n) is 0.559. The van der Waals surface area contributed by atoms with E-state index in [2.05, 4.69) is 4.74 Å². The molecule has 0 saturated carbocycles. The highest BCUT2D eigenvalue weighted by molar-refractivity contribution is 5.85. The number of hydrogen-bond donors (Lipinski definition) is 3. The Kier molecular flexibility index (Phi) is 4.45. The molecule has 0 aliphatic rings. The number of rotatable bonds is 4. The first-order chi connectivity index (χ1) is 5.93. The molecular weight excluding hydrogens is 182 g/mol. The normalized spacial score (nSPS) is 11.8. The first kappa shape index (κ1) is 11.4. The highest BCUT2D eigenvalue weighted by Crippen LogP contribution is 1.97. The molecule has 0 fully saturated rings. The van der Waals surface area contributed by atoms with E-state index in [9.17, 15) is 14.4 Å². The summed E-state index contributed by atoms with van der Waals surface area (Å²) >= 11 is 0. The molecule has 0 amide bonds. The van der Waals surface area contributed by atoms with E-state index >= 15 is 0 Å². The molecule has 0 unspecified atom stereocenters.